The zero-order chi connectivity index (χ0) is 15.7. The van der Waals surface area contributed by atoms with Crippen molar-refractivity contribution in [1.82, 2.24) is 5.32 Å². The minimum atomic E-state index is -3.10. The fourth-order valence-corrected chi connectivity index (χ4v) is 3.04. The zero-order valence-electron chi connectivity index (χ0n) is 12.7. The molecule has 0 spiro atoms. The molecule has 0 bridgehead atoms. The third-order valence-corrected chi connectivity index (χ3v) is 4.74. The average Bonchev–Trinajstić information content (AvgIpc) is 2.41. The molecule has 0 aliphatic heterocycles. The van der Waals surface area contributed by atoms with Crippen LogP contribution < -0.4 is 10.1 Å². The highest BCUT2D eigenvalue weighted by Crippen LogP contribution is 2.18. The van der Waals surface area contributed by atoms with Crippen LogP contribution in [0.2, 0.25) is 0 Å². The molecule has 0 saturated carbocycles. The summed E-state index contributed by atoms with van der Waals surface area (Å²) in [7, 11) is -3.10. The number of hydrogen-bond donors (Lipinski definition) is 1. The van der Waals surface area contributed by atoms with E-state index in [-0.39, 0.29) is 23.9 Å². The van der Waals surface area contributed by atoms with E-state index in [4.69, 9.17) is 4.74 Å². The molecule has 0 unspecified atom stereocenters. The van der Waals surface area contributed by atoms with Crippen LogP contribution in [0.5, 0.6) is 5.75 Å². The van der Waals surface area contributed by atoms with Gasteiger partial charge in [0, 0.05) is 6.54 Å². The second-order valence-corrected chi connectivity index (χ2v) is 7.25. The Labute approximate surface area is 126 Å². The molecule has 0 fully saturated rings. The number of sulfone groups is 1. The van der Waals surface area contributed by atoms with E-state index in [1.54, 1.807) is 12.1 Å². The fourth-order valence-electron chi connectivity index (χ4n) is 1.87. The number of halogens is 1. The Morgan fingerprint density at radius 2 is 1.95 bits per heavy atom. The Kier molecular flexibility index (Phi) is 7.67. The van der Waals surface area contributed by atoms with E-state index in [0.717, 1.165) is 18.5 Å². The first-order valence-corrected chi connectivity index (χ1v) is 9.13. The van der Waals surface area contributed by atoms with Gasteiger partial charge in [-0.25, -0.2) is 12.8 Å². The Hall–Kier alpha value is -1.14. The second-order valence-electron chi connectivity index (χ2n) is 4.94. The molecule has 0 amide bonds. The molecule has 6 heteroatoms. The van der Waals surface area contributed by atoms with Crippen molar-refractivity contribution in [2.45, 2.75) is 33.2 Å². The van der Waals surface area contributed by atoms with Crippen LogP contribution in [0.1, 0.15) is 32.3 Å². The lowest BCUT2D eigenvalue weighted by Crippen LogP contribution is -2.17. The predicted octanol–water partition coefficient (Wildman–Crippen LogP) is 2.53. The maximum absolute atomic E-state index is 13.8. The summed E-state index contributed by atoms with van der Waals surface area (Å²) in [5.41, 5.74) is 0.840. The van der Waals surface area contributed by atoms with Crippen molar-refractivity contribution in [2.24, 2.45) is 0 Å². The number of nitrogens with one attached hydrogen (secondary N) is 1. The highest BCUT2D eigenvalue weighted by molar-refractivity contribution is 7.91. The quantitative estimate of drug-likeness (QED) is 0.674. The summed E-state index contributed by atoms with van der Waals surface area (Å²) in [5.74, 6) is -0.305. The van der Waals surface area contributed by atoms with Crippen molar-refractivity contribution in [2.75, 3.05) is 24.7 Å². The smallest absolute Gasteiger partial charge is 0.165 e. The molecule has 0 aliphatic rings. The summed E-state index contributed by atoms with van der Waals surface area (Å²) < 4.78 is 42.1. The van der Waals surface area contributed by atoms with Crippen molar-refractivity contribution < 1.29 is 17.5 Å². The van der Waals surface area contributed by atoms with E-state index in [1.807, 2.05) is 6.92 Å². The molecule has 1 aromatic rings. The lowest BCUT2D eigenvalue weighted by molar-refractivity contribution is 0.322. The molecule has 4 nitrogen and oxygen atoms in total. The average molecular weight is 317 g/mol. The Bertz CT molecular complexity index is 532. The third-order valence-electron chi connectivity index (χ3n) is 2.92. The molecule has 0 saturated heterocycles. The Balaban J connectivity index is 2.49. The van der Waals surface area contributed by atoms with E-state index in [1.165, 1.54) is 6.07 Å². The van der Waals surface area contributed by atoms with Crippen LogP contribution in [0.4, 0.5) is 4.39 Å². The minimum absolute atomic E-state index is 0.0211. The monoisotopic (exact) mass is 317 g/mol. The molecule has 120 valence electrons. The first-order valence-electron chi connectivity index (χ1n) is 7.31. The Morgan fingerprint density at radius 3 is 2.57 bits per heavy atom. The van der Waals surface area contributed by atoms with Crippen LogP contribution in [0, 0.1) is 5.82 Å². The van der Waals surface area contributed by atoms with E-state index in [0.29, 0.717) is 13.0 Å². The largest absolute Gasteiger partial charge is 0.489 e. The summed E-state index contributed by atoms with van der Waals surface area (Å²) in [4.78, 5) is 0. The van der Waals surface area contributed by atoms with Gasteiger partial charge in [-0.1, -0.05) is 19.9 Å². The molecule has 0 aromatic heterocycles. The van der Waals surface area contributed by atoms with E-state index in [2.05, 4.69) is 12.2 Å². The van der Waals surface area contributed by atoms with Crippen molar-refractivity contribution in [3.8, 4) is 5.75 Å². The molecule has 1 N–H and O–H groups in total. The Morgan fingerprint density at radius 1 is 1.19 bits per heavy atom. The molecule has 0 radical (unpaired) electrons. The minimum Gasteiger partial charge on any atom is -0.489 e. The van der Waals surface area contributed by atoms with Crippen molar-refractivity contribution in [3.05, 3.63) is 29.6 Å². The summed E-state index contributed by atoms with van der Waals surface area (Å²) in [6.07, 6.45) is 1.60. The molecule has 0 aliphatic carbocycles. The van der Waals surface area contributed by atoms with Gasteiger partial charge >= 0.3 is 0 Å². The van der Waals surface area contributed by atoms with Gasteiger partial charge in [-0.15, -0.1) is 0 Å². The van der Waals surface area contributed by atoms with Gasteiger partial charge in [0.25, 0.3) is 0 Å². The van der Waals surface area contributed by atoms with Crippen LogP contribution >= 0.6 is 0 Å². The fraction of sp³-hybridized carbons (Fsp3) is 0.600. The standard InChI is InChI=1S/C15H24FNO3S/c1-3-7-17-12-13-5-6-15(14(16)11-13)20-8-10-21(18,19)9-4-2/h5-6,11,17H,3-4,7-10,12H2,1-2H3. The molecular formula is C15H24FNO3S. The van der Waals surface area contributed by atoms with Gasteiger partial charge in [0.05, 0.1) is 11.5 Å². The number of hydrogen-bond acceptors (Lipinski definition) is 4. The molecular weight excluding hydrogens is 293 g/mol. The molecule has 1 rings (SSSR count). The topological polar surface area (TPSA) is 55.4 Å². The summed E-state index contributed by atoms with van der Waals surface area (Å²) in [6, 6.07) is 4.74. The lowest BCUT2D eigenvalue weighted by Gasteiger charge is -2.09. The van der Waals surface area contributed by atoms with E-state index >= 15 is 0 Å². The van der Waals surface area contributed by atoms with Gasteiger partial charge in [0.2, 0.25) is 0 Å². The summed E-state index contributed by atoms with van der Waals surface area (Å²) in [5, 5.41) is 3.19. The van der Waals surface area contributed by atoms with Gasteiger partial charge in [-0.05, 0) is 37.1 Å². The van der Waals surface area contributed by atoms with Crippen LogP contribution in [-0.4, -0.2) is 33.1 Å². The number of rotatable bonds is 10. The number of benzene rings is 1. The third kappa shape index (κ3) is 6.91. The van der Waals surface area contributed by atoms with Crippen LogP contribution in [0.25, 0.3) is 0 Å². The molecule has 0 atom stereocenters. The summed E-state index contributed by atoms with van der Waals surface area (Å²) >= 11 is 0. The van der Waals surface area contributed by atoms with Gasteiger partial charge < -0.3 is 10.1 Å². The van der Waals surface area contributed by atoms with Crippen molar-refractivity contribution in [3.63, 3.8) is 0 Å². The SMILES string of the molecule is CCCNCc1ccc(OCCS(=O)(=O)CCC)c(F)c1. The molecule has 1 aromatic carbocycles. The van der Waals surface area contributed by atoms with Crippen molar-refractivity contribution >= 4 is 9.84 Å². The highest BCUT2D eigenvalue weighted by atomic mass is 32.2. The van der Waals surface area contributed by atoms with E-state index < -0.39 is 15.7 Å². The van der Waals surface area contributed by atoms with Gasteiger partial charge in [0.1, 0.15) is 6.61 Å². The molecule has 0 heterocycles. The normalized spacial score (nSPS) is 11.6. The lowest BCUT2D eigenvalue weighted by atomic mass is 10.2. The highest BCUT2D eigenvalue weighted by Gasteiger charge is 2.11. The summed E-state index contributed by atoms with van der Waals surface area (Å²) in [6.45, 7) is 5.35. The van der Waals surface area contributed by atoms with Crippen LogP contribution in [0.15, 0.2) is 18.2 Å². The van der Waals surface area contributed by atoms with E-state index in [9.17, 15) is 12.8 Å². The maximum atomic E-state index is 13.8. The first kappa shape index (κ1) is 17.9. The zero-order valence-corrected chi connectivity index (χ0v) is 13.5. The molecule has 21 heavy (non-hydrogen) atoms. The van der Waals surface area contributed by atoms with Gasteiger partial charge in [-0.2, -0.15) is 0 Å². The second kappa shape index (κ2) is 9.00. The number of ether oxygens (including phenoxy) is 1. The van der Waals surface area contributed by atoms with Crippen molar-refractivity contribution in [1.29, 1.82) is 0 Å². The van der Waals surface area contributed by atoms with Gasteiger partial charge in [0.15, 0.2) is 21.4 Å². The predicted molar refractivity (Wildman–Crippen MR) is 82.8 cm³/mol. The first-order chi connectivity index (χ1) is 9.98. The van der Waals surface area contributed by atoms with Crippen LogP contribution in [0.3, 0.4) is 0 Å². The van der Waals surface area contributed by atoms with Gasteiger partial charge in [-0.3, -0.25) is 0 Å². The van der Waals surface area contributed by atoms with Crippen LogP contribution in [-0.2, 0) is 16.4 Å². The maximum Gasteiger partial charge on any atom is 0.165 e.